The summed E-state index contributed by atoms with van der Waals surface area (Å²) in [4.78, 5) is 8.55. The van der Waals surface area contributed by atoms with Gasteiger partial charge < -0.3 is 5.32 Å². The molecule has 0 aliphatic heterocycles. The Morgan fingerprint density at radius 3 is 2.56 bits per heavy atom. The van der Waals surface area contributed by atoms with Gasteiger partial charge in [0.15, 0.2) is 5.16 Å². The molecule has 0 spiro atoms. The molecule has 2 rings (SSSR count). The Kier molecular flexibility index (Phi) is 4.60. The first-order valence-corrected chi connectivity index (χ1v) is 7.19. The fraction of sp³-hybridized carbons (Fsp3) is 0.667. The van der Waals surface area contributed by atoms with Crippen LogP contribution in [0, 0.1) is 0 Å². The monoisotopic (exact) mass is 237 g/mol. The molecule has 0 radical (unpaired) electrons. The molecule has 16 heavy (non-hydrogen) atoms. The summed E-state index contributed by atoms with van der Waals surface area (Å²) in [6, 6.07) is 0.703. The number of hydrogen-bond donors (Lipinski definition) is 1. The fourth-order valence-electron chi connectivity index (χ4n) is 2.11. The predicted octanol–water partition coefficient (Wildman–Crippen LogP) is 2.62. The quantitative estimate of drug-likeness (QED) is 0.645. The van der Waals surface area contributed by atoms with E-state index in [0.717, 1.165) is 11.7 Å². The van der Waals surface area contributed by atoms with Crippen LogP contribution < -0.4 is 5.32 Å². The van der Waals surface area contributed by atoms with Gasteiger partial charge in [-0.3, -0.25) is 0 Å². The van der Waals surface area contributed by atoms with E-state index in [9.17, 15) is 0 Å². The van der Waals surface area contributed by atoms with Crippen molar-refractivity contribution >= 4 is 11.8 Å². The Hall–Kier alpha value is -0.610. The van der Waals surface area contributed by atoms with Crippen molar-refractivity contribution in [1.29, 1.82) is 0 Å². The molecule has 0 bridgehead atoms. The third-order valence-electron chi connectivity index (χ3n) is 3.06. The van der Waals surface area contributed by atoms with E-state index in [1.165, 1.54) is 37.7 Å². The van der Waals surface area contributed by atoms with Crippen molar-refractivity contribution in [1.82, 2.24) is 15.3 Å². The van der Waals surface area contributed by atoms with Crippen molar-refractivity contribution in [2.45, 2.75) is 49.8 Å². The van der Waals surface area contributed by atoms with Crippen LogP contribution in [0.2, 0.25) is 0 Å². The topological polar surface area (TPSA) is 37.8 Å². The zero-order valence-electron chi connectivity index (χ0n) is 9.78. The van der Waals surface area contributed by atoms with Gasteiger partial charge in [-0.05, 0) is 19.1 Å². The highest BCUT2D eigenvalue weighted by atomic mass is 32.2. The lowest BCUT2D eigenvalue weighted by molar-refractivity contribution is 0.372. The lowest BCUT2D eigenvalue weighted by atomic mass is 9.95. The molecule has 1 aliphatic carbocycles. The summed E-state index contributed by atoms with van der Waals surface area (Å²) in [5.41, 5.74) is 1.18. The van der Waals surface area contributed by atoms with Crippen molar-refractivity contribution in [3.8, 4) is 0 Å². The molecule has 1 saturated carbocycles. The number of rotatable bonds is 4. The average Bonchev–Trinajstić information content (AvgIpc) is 2.38. The molecular formula is C12H19N3S. The molecule has 0 amide bonds. The summed E-state index contributed by atoms with van der Waals surface area (Å²) >= 11 is 1.58. The normalized spacial score (nSPS) is 17.6. The van der Waals surface area contributed by atoms with E-state index in [-0.39, 0.29) is 0 Å². The maximum Gasteiger partial charge on any atom is 0.187 e. The van der Waals surface area contributed by atoms with Gasteiger partial charge in [-0.2, -0.15) is 0 Å². The van der Waals surface area contributed by atoms with Crippen LogP contribution in [0.15, 0.2) is 17.6 Å². The summed E-state index contributed by atoms with van der Waals surface area (Å²) < 4.78 is 0. The van der Waals surface area contributed by atoms with Crippen LogP contribution in [0.5, 0.6) is 0 Å². The van der Waals surface area contributed by atoms with Gasteiger partial charge in [0.25, 0.3) is 0 Å². The Morgan fingerprint density at radius 1 is 1.25 bits per heavy atom. The molecule has 3 nitrogen and oxygen atoms in total. The third-order valence-corrected chi connectivity index (χ3v) is 3.64. The van der Waals surface area contributed by atoms with Gasteiger partial charge in [0.05, 0.1) is 0 Å². The van der Waals surface area contributed by atoms with E-state index >= 15 is 0 Å². The second-order valence-corrected chi connectivity index (χ2v) is 5.07. The highest BCUT2D eigenvalue weighted by Gasteiger charge is 2.12. The van der Waals surface area contributed by atoms with Gasteiger partial charge in [0, 0.05) is 30.5 Å². The van der Waals surface area contributed by atoms with E-state index in [1.807, 2.05) is 18.6 Å². The van der Waals surface area contributed by atoms with E-state index in [1.54, 1.807) is 11.8 Å². The zero-order chi connectivity index (χ0) is 11.2. The maximum atomic E-state index is 4.27. The average molecular weight is 237 g/mol. The molecule has 4 heteroatoms. The highest BCUT2D eigenvalue weighted by Crippen LogP contribution is 2.17. The summed E-state index contributed by atoms with van der Waals surface area (Å²) in [5, 5.41) is 4.44. The number of hydrogen-bond acceptors (Lipinski definition) is 4. The van der Waals surface area contributed by atoms with Crippen molar-refractivity contribution in [3.05, 3.63) is 18.0 Å². The third kappa shape index (κ3) is 3.46. The predicted molar refractivity (Wildman–Crippen MR) is 67.5 cm³/mol. The minimum atomic E-state index is 0.703. The van der Waals surface area contributed by atoms with Crippen LogP contribution in [0.25, 0.3) is 0 Å². The largest absolute Gasteiger partial charge is 0.310 e. The first-order valence-electron chi connectivity index (χ1n) is 5.97. The highest BCUT2D eigenvalue weighted by molar-refractivity contribution is 7.98. The van der Waals surface area contributed by atoms with Crippen molar-refractivity contribution in [2.75, 3.05) is 6.26 Å². The van der Waals surface area contributed by atoms with Crippen LogP contribution in [0.1, 0.15) is 37.7 Å². The Bertz CT molecular complexity index is 307. The molecule has 0 aromatic carbocycles. The van der Waals surface area contributed by atoms with Gasteiger partial charge in [-0.25, -0.2) is 9.97 Å². The molecule has 1 aromatic heterocycles. The van der Waals surface area contributed by atoms with Crippen molar-refractivity contribution in [2.24, 2.45) is 0 Å². The summed E-state index contributed by atoms with van der Waals surface area (Å²) in [7, 11) is 0. The smallest absolute Gasteiger partial charge is 0.187 e. The molecule has 0 atom stereocenters. The first kappa shape index (κ1) is 11.9. The number of thioether (sulfide) groups is 1. The fourth-order valence-corrected chi connectivity index (χ4v) is 2.42. The van der Waals surface area contributed by atoms with Gasteiger partial charge in [-0.15, -0.1) is 0 Å². The lowest BCUT2D eigenvalue weighted by Gasteiger charge is -2.22. The molecule has 1 aliphatic rings. The number of nitrogens with zero attached hydrogens (tertiary/aromatic N) is 2. The maximum absolute atomic E-state index is 4.27. The zero-order valence-corrected chi connectivity index (χ0v) is 10.6. The van der Waals surface area contributed by atoms with E-state index in [0.29, 0.717) is 6.04 Å². The Morgan fingerprint density at radius 2 is 1.94 bits per heavy atom. The lowest BCUT2D eigenvalue weighted by Crippen LogP contribution is -2.30. The minimum Gasteiger partial charge on any atom is -0.310 e. The van der Waals surface area contributed by atoms with E-state index < -0.39 is 0 Å². The summed E-state index contributed by atoms with van der Waals surface area (Å²) in [6.45, 7) is 0.902. The van der Waals surface area contributed by atoms with Crippen LogP contribution >= 0.6 is 11.8 Å². The molecule has 0 unspecified atom stereocenters. The van der Waals surface area contributed by atoms with Gasteiger partial charge in [-0.1, -0.05) is 31.0 Å². The summed E-state index contributed by atoms with van der Waals surface area (Å²) in [6.07, 6.45) is 12.6. The van der Waals surface area contributed by atoms with Gasteiger partial charge in [0.2, 0.25) is 0 Å². The molecule has 1 aromatic rings. The van der Waals surface area contributed by atoms with Crippen LogP contribution in [0.4, 0.5) is 0 Å². The molecule has 1 fully saturated rings. The Balaban J connectivity index is 1.79. The molecule has 0 saturated heterocycles. The summed E-state index contributed by atoms with van der Waals surface area (Å²) in [5.74, 6) is 0. The van der Waals surface area contributed by atoms with Crippen LogP contribution in [0.3, 0.4) is 0 Å². The number of aromatic nitrogens is 2. The molecule has 1 N–H and O–H groups in total. The second kappa shape index (κ2) is 6.21. The molecule has 1 heterocycles. The SMILES string of the molecule is CSc1ncc(CNC2CCCCC2)cn1. The van der Waals surface area contributed by atoms with Gasteiger partial charge >= 0.3 is 0 Å². The van der Waals surface area contributed by atoms with Crippen molar-refractivity contribution < 1.29 is 0 Å². The van der Waals surface area contributed by atoms with Crippen LogP contribution in [-0.4, -0.2) is 22.3 Å². The van der Waals surface area contributed by atoms with Crippen molar-refractivity contribution in [3.63, 3.8) is 0 Å². The molecule has 88 valence electrons. The van der Waals surface area contributed by atoms with Gasteiger partial charge in [0.1, 0.15) is 0 Å². The molecular weight excluding hydrogens is 218 g/mol. The Labute approximate surface area is 101 Å². The number of nitrogens with one attached hydrogen (secondary N) is 1. The second-order valence-electron chi connectivity index (χ2n) is 4.29. The van der Waals surface area contributed by atoms with E-state index in [4.69, 9.17) is 0 Å². The first-order chi connectivity index (χ1) is 7.88. The standard InChI is InChI=1S/C12H19N3S/c1-16-12-14-8-10(9-15-12)7-13-11-5-3-2-4-6-11/h8-9,11,13H,2-7H2,1H3. The van der Waals surface area contributed by atoms with Crippen LogP contribution in [-0.2, 0) is 6.54 Å². The minimum absolute atomic E-state index is 0.703. The van der Waals surface area contributed by atoms with E-state index in [2.05, 4.69) is 15.3 Å².